The lowest BCUT2D eigenvalue weighted by Crippen LogP contribution is -1.96. The van der Waals surface area contributed by atoms with Crippen LogP contribution in [0.4, 0.5) is 0 Å². The van der Waals surface area contributed by atoms with Crippen molar-refractivity contribution in [3.8, 4) is 21.1 Å². The third-order valence-electron chi connectivity index (χ3n) is 3.01. The van der Waals surface area contributed by atoms with Crippen LogP contribution < -0.4 is 0 Å². The van der Waals surface area contributed by atoms with Gasteiger partial charge in [-0.25, -0.2) is 4.98 Å². The van der Waals surface area contributed by atoms with E-state index in [9.17, 15) is 4.79 Å². The molecule has 0 amide bonds. The molecule has 0 fully saturated rings. The van der Waals surface area contributed by atoms with Gasteiger partial charge in [-0.3, -0.25) is 4.79 Å². The molecule has 0 bridgehead atoms. The molecule has 2 heterocycles. The van der Waals surface area contributed by atoms with E-state index in [2.05, 4.69) is 30.1 Å². The van der Waals surface area contributed by atoms with Gasteiger partial charge in [0.25, 0.3) is 0 Å². The molecular formula is C16H13NO2S2. The first-order valence-electron chi connectivity index (χ1n) is 6.45. The SMILES string of the molecule is Cc1cccc(-c2nc(-c3ccc(CC(=O)O)s3)cs2)c1. The van der Waals surface area contributed by atoms with Crippen LogP contribution in [0.2, 0.25) is 0 Å². The fraction of sp³-hybridized carbons (Fsp3) is 0.125. The summed E-state index contributed by atoms with van der Waals surface area (Å²) in [5, 5.41) is 11.8. The predicted molar refractivity (Wildman–Crippen MR) is 86.9 cm³/mol. The highest BCUT2D eigenvalue weighted by Gasteiger charge is 2.10. The third-order valence-corrected chi connectivity index (χ3v) is 5.01. The van der Waals surface area contributed by atoms with E-state index in [1.54, 1.807) is 11.3 Å². The average molecular weight is 315 g/mol. The molecule has 0 unspecified atom stereocenters. The highest BCUT2D eigenvalue weighted by atomic mass is 32.1. The first-order chi connectivity index (χ1) is 10.1. The van der Waals surface area contributed by atoms with Crippen LogP contribution in [0.15, 0.2) is 41.8 Å². The quantitative estimate of drug-likeness (QED) is 0.772. The van der Waals surface area contributed by atoms with Crippen LogP contribution in [0.3, 0.4) is 0 Å². The first kappa shape index (κ1) is 14.0. The molecule has 0 aliphatic heterocycles. The molecule has 3 aromatic rings. The zero-order valence-electron chi connectivity index (χ0n) is 11.4. The van der Waals surface area contributed by atoms with Gasteiger partial charge >= 0.3 is 5.97 Å². The summed E-state index contributed by atoms with van der Waals surface area (Å²) < 4.78 is 0. The molecule has 0 saturated heterocycles. The Morgan fingerprint density at radius 2 is 2.14 bits per heavy atom. The number of thiazole rings is 1. The summed E-state index contributed by atoms with van der Waals surface area (Å²) in [6, 6.07) is 12.1. The summed E-state index contributed by atoms with van der Waals surface area (Å²) in [4.78, 5) is 17.3. The molecule has 1 aromatic carbocycles. The lowest BCUT2D eigenvalue weighted by atomic mass is 10.1. The maximum atomic E-state index is 10.7. The highest BCUT2D eigenvalue weighted by Crippen LogP contribution is 2.33. The van der Waals surface area contributed by atoms with Crippen molar-refractivity contribution in [1.82, 2.24) is 4.98 Å². The maximum Gasteiger partial charge on any atom is 0.308 e. The standard InChI is InChI=1S/C16H13NO2S2/c1-10-3-2-4-11(7-10)16-17-13(9-20-16)14-6-5-12(21-14)8-15(18)19/h2-7,9H,8H2,1H3,(H,18,19). The molecule has 5 heteroatoms. The number of carboxylic acid groups (broad SMARTS) is 1. The fourth-order valence-corrected chi connectivity index (χ4v) is 3.91. The van der Waals surface area contributed by atoms with Crippen molar-refractivity contribution in [2.45, 2.75) is 13.3 Å². The predicted octanol–water partition coefficient (Wildman–Crippen LogP) is 4.47. The molecule has 3 nitrogen and oxygen atoms in total. The second-order valence-corrected chi connectivity index (χ2v) is 6.77. The Morgan fingerprint density at radius 3 is 2.90 bits per heavy atom. The topological polar surface area (TPSA) is 50.2 Å². The molecule has 1 N–H and O–H groups in total. The summed E-state index contributed by atoms with van der Waals surface area (Å²) in [7, 11) is 0. The van der Waals surface area contributed by atoms with E-state index < -0.39 is 5.97 Å². The van der Waals surface area contributed by atoms with Crippen LogP contribution in [0.1, 0.15) is 10.4 Å². The van der Waals surface area contributed by atoms with Crippen molar-refractivity contribution in [1.29, 1.82) is 0 Å². The van der Waals surface area contributed by atoms with Crippen molar-refractivity contribution < 1.29 is 9.90 Å². The van der Waals surface area contributed by atoms with Gasteiger partial charge in [-0.05, 0) is 25.1 Å². The molecule has 21 heavy (non-hydrogen) atoms. The minimum absolute atomic E-state index is 0.0690. The van der Waals surface area contributed by atoms with E-state index in [1.165, 1.54) is 16.9 Å². The highest BCUT2D eigenvalue weighted by molar-refractivity contribution is 7.16. The normalized spacial score (nSPS) is 10.7. The van der Waals surface area contributed by atoms with Gasteiger partial charge < -0.3 is 5.11 Å². The van der Waals surface area contributed by atoms with E-state index in [1.807, 2.05) is 23.6 Å². The molecule has 0 aliphatic carbocycles. The second kappa shape index (κ2) is 5.79. The number of thiophene rings is 1. The van der Waals surface area contributed by atoms with Crippen LogP contribution in [-0.2, 0) is 11.2 Å². The molecule has 2 aromatic heterocycles. The summed E-state index contributed by atoms with van der Waals surface area (Å²) in [6.07, 6.45) is 0.0690. The van der Waals surface area contributed by atoms with Crippen molar-refractivity contribution in [3.05, 3.63) is 52.2 Å². The van der Waals surface area contributed by atoms with Crippen LogP contribution in [0.5, 0.6) is 0 Å². The Morgan fingerprint density at radius 1 is 1.29 bits per heavy atom. The molecule has 0 atom stereocenters. The Bertz CT molecular complexity index is 789. The molecule has 0 saturated carbocycles. The van der Waals surface area contributed by atoms with Crippen LogP contribution in [-0.4, -0.2) is 16.1 Å². The van der Waals surface area contributed by atoms with E-state index in [0.717, 1.165) is 26.0 Å². The van der Waals surface area contributed by atoms with Crippen molar-refractivity contribution in [2.24, 2.45) is 0 Å². The molecule has 0 spiro atoms. The van der Waals surface area contributed by atoms with E-state index in [-0.39, 0.29) is 6.42 Å². The number of hydrogen-bond donors (Lipinski definition) is 1. The van der Waals surface area contributed by atoms with E-state index in [0.29, 0.717) is 0 Å². The van der Waals surface area contributed by atoms with Gasteiger partial charge in [0.15, 0.2) is 0 Å². The van der Waals surface area contributed by atoms with Gasteiger partial charge in [-0.2, -0.15) is 0 Å². The summed E-state index contributed by atoms with van der Waals surface area (Å²) in [6.45, 7) is 2.06. The molecule has 0 aliphatic rings. The largest absolute Gasteiger partial charge is 0.481 e. The lowest BCUT2D eigenvalue weighted by Gasteiger charge is -1.97. The van der Waals surface area contributed by atoms with Crippen LogP contribution >= 0.6 is 22.7 Å². The Hall–Kier alpha value is -1.98. The maximum absolute atomic E-state index is 10.7. The van der Waals surface area contributed by atoms with Gasteiger partial charge in [0.1, 0.15) is 5.01 Å². The van der Waals surface area contributed by atoms with Crippen molar-refractivity contribution >= 4 is 28.6 Å². The number of hydrogen-bond acceptors (Lipinski definition) is 4. The number of aromatic nitrogens is 1. The first-order valence-corrected chi connectivity index (χ1v) is 8.15. The zero-order chi connectivity index (χ0) is 14.8. The Kier molecular flexibility index (Phi) is 3.86. The van der Waals surface area contributed by atoms with Crippen LogP contribution in [0.25, 0.3) is 21.1 Å². The van der Waals surface area contributed by atoms with Gasteiger partial charge in [0.05, 0.1) is 17.0 Å². The number of aliphatic carboxylic acids is 1. The Balaban J connectivity index is 1.88. The second-order valence-electron chi connectivity index (χ2n) is 4.74. The smallest absolute Gasteiger partial charge is 0.308 e. The Labute approximate surface area is 130 Å². The zero-order valence-corrected chi connectivity index (χ0v) is 13.0. The van der Waals surface area contributed by atoms with Gasteiger partial charge in [-0.1, -0.05) is 23.8 Å². The number of carboxylic acids is 1. The summed E-state index contributed by atoms with van der Waals surface area (Å²) in [5.41, 5.74) is 3.25. The van der Waals surface area contributed by atoms with Crippen molar-refractivity contribution in [3.63, 3.8) is 0 Å². The third kappa shape index (κ3) is 3.20. The van der Waals surface area contributed by atoms with Gasteiger partial charge in [0, 0.05) is 15.8 Å². The molecule has 3 rings (SSSR count). The van der Waals surface area contributed by atoms with Crippen LogP contribution in [0, 0.1) is 6.92 Å². The number of rotatable bonds is 4. The lowest BCUT2D eigenvalue weighted by molar-refractivity contribution is -0.136. The number of nitrogens with zero attached hydrogens (tertiary/aromatic N) is 1. The van der Waals surface area contributed by atoms with Gasteiger partial charge in [0.2, 0.25) is 0 Å². The molecule has 0 radical (unpaired) electrons. The fourth-order valence-electron chi connectivity index (χ4n) is 2.06. The summed E-state index contributed by atoms with van der Waals surface area (Å²) in [5.74, 6) is -0.804. The number of aryl methyl sites for hydroxylation is 1. The molecular weight excluding hydrogens is 302 g/mol. The van der Waals surface area contributed by atoms with Crippen molar-refractivity contribution in [2.75, 3.05) is 0 Å². The number of benzene rings is 1. The summed E-state index contributed by atoms with van der Waals surface area (Å²) >= 11 is 3.10. The van der Waals surface area contributed by atoms with Gasteiger partial charge in [-0.15, -0.1) is 22.7 Å². The minimum atomic E-state index is -0.804. The average Bonchev–Trinajstić information content (AvgIpc) is 3.06. The molecule has 106 valence electrons. The minimum Gasteiger partial charge on any atom is -0.481 e. The van der Waals surface area contributed by atoms with E-state index in [4.69, 9.17) is 5.11 Å². The number of carbonyl (C=O) groups is 1. The van der Waals surface area contributed by atoms with E-state index >= 15 is 0 Å². The monoisotopic (exact) mass is 315 g/mol.